The van der Waals surface area contributed by atoms with E-state index in [-0.39, 0.29) is 24.6 Å². The molecule has 1 heterocycles. The minimum Gasteiger partial charge on any atom is -0.494 e. The third kappa shape index (κ3) is 4.97. The topological polar surface area (TPSA) is 101 Å². The Labute approximate surface area is 135 Å². The van der Waals surface area contributed by atoms with Gasteiger partial charge in [0.15, 0.2) is 0 Å². The predicted octanol–water partition coefficient (Wildman–Crippen LogP) is 1.88. The summed E-state index contributed by atoms with van der Waals surface area (Å²) in [7, 11) is 0. The zero-order valence-electron chi connectivity index (χ0n) is 14.1. The number of aromatic amines is 1. The van der Waals surface area contributed by atoms with Gasteiger partial charge in [-0.2, -0.15) is 0 Å². The van der Waals surface area contributed by atoms with E-state index >= 15 is 0 Å². The summed E-state index contributed by atoms with van der Waals surface area (Å²) < 4.78 is 6.01. The van der Waals surface area contributed by atoms with Gasteiger partial charge in [0.2, 0.25) is 5.88 Å². The molecule has 1 atom stereocenters. The van der Waals surface area contributed by atoms with E-state index in [0.29, 0.717) is 6.42 Å². The number of rotatable bonds is 9. The van der Waals surface area contributed by atoms with Gasteiger partial charge in [-0.1, -0.05) is 33.1 Å². The van der Waals surface area contributed by atoms with Gasteiger partial charge in [-0.05, 0) is 19.8 Å². The number of hydrogen-bond acceptors (Lipinski definition) is 5. The number of esters is 1. The molecule has 7 nitrogen and oxygen atoms in total. The third-order valence-corrected chi connectivity index (χ3v) is 3.72. The normalized spacial score (nSPS) is 12.1. The van der Waals surface area contributed by atoms with Crippen molar-refractivity contribution in [2.45, 2.75) is 65.3 Å². The molecule has 1 rings (SSSR count). The molecule has 0 aromatic carbocycles. The molecule has 0 radical (unpaired) electrons. The number of carbonyl (C=O) groups excluding carboxylic acids is 1. The summed E-state index contributed by atoms with van der Waals surface area (Å²) in [5, 5.41) is 10.4. The lowest BCUT2D eigenvalue weighted by molar-refractivity contribution is -0.142. The summed E-state index contributed by atoms with van der Waals surface area (Å²) in [5.74, 6) is -1.04. The van der Waals surface area contributed by atoms with Gasteiger partial charge >= 0.3 is 11.7 Å². The van der Waals surface area contributed by atoms with Crippen LogP contribution >= 0.6 is 0 Å². The Morgan fingerprint density at radius 2 is 1.91 bits per heavy atom. The van der Waals surface area contributed by atoms with Crippen LogP contribution in [0.5, 0.6) is 5.88 Å². The van der Waals surface area contributed by atoms with Crippen molar-refractivity contribution in [3.63, 3.8) is 0 Å². The van der Waals surface area contributed by atoms with Gasteiger partial charge in [0.05, 0.1) is 18.6 Å². The fourth-order valence-electron chi connectivity index (χ4n) is 2.61. The Bertz CT molecular complexity index is 632. The first-order valence-electron chi connectivity index (χ1n) is 8.18. The Kier molecular flexibility index (Phi) is 7.57. The van der Waals surface area contributed by atoms with Crippen LogP contribution in [0, 0.1) is 0 Å². The van der Waals surface area contributed by atoms with Crippen molar-refractivity contribution in [2.24, 2.45) is 0 Å². The second-order valence-corrected chi connectivity index (χ2v) is 5.50. The van der Waals surface area contributed by atoms with Crippen molar-refractivity contribution < 1.29 is 14.6 Å². The number of hydrogen-bond donors (Lipinski definition) is 2. The van der Waals surface area contributed by atoms with Crippen molar-refractivity contribution in [1.82, 2.24) is 9.55 Å². The largest absolute Gasteiger partial charge is 0.494 e. The van der Waals surface area contributed by atoms with Gasteiger partial charge in [-0.3, -0.25) is 19.1 Å². The molecule has 1 aromatic rings. The van der Waals surface area contributed by atoms with Gasteiger partial charge in [-0.25, -0.2) is 4.79 Å². The Morgan fingerprint density at radius 3 is 2.48 bits per heavy atom. The Morgan fingerprint density at radius 1 is 1.22 bits per heavy atom. The maximum atomic E-state index is 12.1. The monoisotopic (exact) mass is 326 g/mol. The molecule has 1 unspecified atom stereocenters. The predicted molar refractivity (Wildman–Crippen MR) is 86.8 cm³/mol. The molecule has 7 heteroatoms. The molecule has 0 saturated heterocycles. The molecule has 0 aliphatic heterocycles. The van der Waals surface area contributed by atoms with Crippen LogP contribution in [0.4, 0.5) is 0 Å². The van der Waals surface area contributed by atoms with Crippen LogP contribution in [-0.2, 0) is 16.0 Å². The van der Waals surface area contributed by atoms with Crippen LogP contribution < -0.4 is 11.2 Å². The molecule has 1 aromatic heterocycles. The number of nitrogens with one attached hydrogen (secondary N) is 1. The first-order valence-corrected chi connectivity index (χ1v) is 8.18. The Balaban J connectivity index is 3.28. The minimum atomic E-state index is -0.748. The molecular weight excluding hydrogens is 300 g/mol. The van der Waals surface area contributed by atoms with Gasteiger partial charge < -0.3 is 9.84 Å². The molecule has 23 heavy (non-hydrogen) atoms. The van der Waals surface area contributed by atoms with Crippen molar-refractivity contribution in [3.05, 3.63) is 26.4 Å². The van der Waals surface area contributed by atoms with Crippen LogP contribution in [0.3, 0.4) is 0 Å². The number of unbranched alkanes of at least 4 members (excludes halogenated alkanes) is 1. The maximum absolute atomic E-state index is 12.1. The van der Waals surface area contributed by atoms with E-state index in [9.17, 15) is 19.5 Å². The van der Waals surface area contributed by atoms with Gasteiger partial charge in [-0.15, -0.1) is 0 Å². The molecule has 2 N–H and O–H groups in total. The van der Waals surface area contributed by atoms with Crippen LogP contribution in [0.2, 0.25) is 0 Å². The van der Waals surface area contributed by atoms with E-state index in [1.54, 1.807) is 6.92 Å². The first kappa shape index (κ1) is 19.0. The van der Waals surface area contributed by atoms with Crippen LogP contribution in [0.25, 0.3) is 0 Å². The van der Waals surface area contributed by atoms with Crippen LogP contribution in [-0.4, -0.2) is 27.2 Å². The van der Waals surface area contributed by atoms with Crippen molar-refractivity contribution in [3.8, 4) is 5.88 Å². The van der Waals surface area contributed by atoms with E-state index < -0.39 is 23.1 Å². The minimum absolute atomic E-state index is 0.124. The highest BCUT2D eigenvalue weighted by Crippen LogP contribution is 2.25. The third-order valence-electron chi connectivity index (χ3n) is 3.72. The second-order valence-electron chi connectivity index (χ2n) is 5.50. The number of carbonyl (C=O) groups is 1. The lowest BCUT2D eigenvalue weighted by atomic mass is 10.0. The number of aromatic hydroxyl groups is 1. The summed E-state index contributed by atoms with van der Waals surface area (Å²) in [4.78, 5) is 37.8. The standard InChI is InChI=1S/C16H26N2O5/c1-4-7-9-11(8-5-2)18-15(21)12(10-13(19)23-6-3)14(20)17-16(18)22/h11,21H,4-10H2,1-3H3,(H,17,20,22). The summed E-state index contributed by atoms with van der Waals surface area (Å²) in [5.41, 5.74) is -1.52. The molecule has 0 saturated carbocycles. The second kappa shape index (κ2) is 9.17. The summed E-state index contributed by atoms with van der Waals surface area (Å²) in [6.45, 7) is 5.88. The molecule has 130 valence electrons. The van der Waals surface area contributed by atoms with E-state index in [1.807, 2.05) is 13.8 Å². The van der Waals surface area contributed by atoms with E-state index in [4.69, 9.17) is 4.74 Å². The number of ether oxygens (including phenoxy) is 1. The van der Waals surface area contributed by atoms with Crippen molar-refractivity contribution in [2.75, 3.05) is 6.61 Å². The molecule has 0 fully saturated rings. The van der Waals surface area contributed by atoms with Crippen molar-refractivity contribution in [1.29, 1.82) is 0 Å². The van der Waals surface area contributed by atoms with E-state index in [2.05, 4.69) is 4.98 Å². The van der Waals surface area contributed by atoms with Crippen LogP contribution in [0.15, 0.2) is 9.59 Å². The Hall–Kier alpha value is -2.05. The SMILES string of the molecule is CCCCC(CCC)n1c(O)c(CC(=O)OCC)c(=O)[nH]c1=O. The molecule has 0 spiro atoms. The first-order chi connectivity index (χ1) is 11.0. The average molecular weight is 326 g/mol. The quantitative estimate of drug-likeness (QED) is 0.675. The number of H-pyrrole nitrogens is 1. The zero-order chi connectivity index (χ0) is 17.4. The average Bonchev–Trinajstić information content (AvgIpc) is 2.49. The molecule has 0 aliphatic rings. The fraction of sp³-hybridized carbons (Fsp3) is 0.688. The fourth-order valence-corrected chi connectivity index (χ4v) is 2.61. The van der Waals surface area contributed by atoms with Gasteiger partial charge in [0.25, 0.3) is 5.56 Å². The lowest BCUT2D eigenvalue weighted by Crippen LogP contribution is -2.35. The molecular formula is C16H26N2O5. The maximum Gasteiger partial charge on any atom is 0.331 e. The highest BCUT2D eigenvalue weighted by Gasteiger charge is 2.22. The highest BCUT2D eigenvalue weighted by molar-refractivity contribution is 5.73. The van der Waals surface area contributed by atoms with Gasteiger partial charge in [0, 0.05) is 6.04 Å². The molecule has 0 bridgehead atoms. The smallest absolute Gasteiger partial charge is 0.331 e. The summed E-state index contributed by atoms with van der Waals surface area (Å²) in [6, 6.07) is -0.203. The van der Waals surface area contributed by atoms with Crippen molar-refractivity contribution >= 4 is 5.97 Å². The number of aromatic nitrogens is 2. The summed E-state index contributed by atoms with van der Waals surface area (Å²) in [6.07, 6.45) is 3.78. The lowest BCUT2D eigenvalue weighted by Gasteiger charge is -2.21. The molecule has 0 amide bonds. The highest BCUT2D eigenvalue weighted by atomic mass is 16.5. The zero-order valence-corrected chi connectivity index (χ0v) is 14.1. The number of nitrogens with zero attached hydrogens (tertiary/aromatic N) is 1. The molecule has 0 aliphatic carbocycles. The van der Waals surface area contributed by atoms with E-state index in [0.717, 1.165) is 25.7 Å². The summed E-state index contributed by atoms with van der Waals surface area (Å²) >= 11 is 0. The van der Waals surface area contributed by atoms with E-state index in [1.165, 1.54) is 4.57 Å². The van der Waals surface area contributed by atoms with Gasteiger partial charge in [0.1, 0.15) is 0 Å². The van der Waals surface area contributed by atoms with Crippen LogP contribution in [0.1, 0.15) is 64.5 Å².